The molecule has 0 aliphatic rings. The Morgan fingerprint density at radius 2 is 1.71 bits per heavy atom. The number of aromatic nitrogens is 4. The molecule has 7 nitrogen and oxygen atoms in total. The quantitative estimate of drug-likeness (QED) is 0.264. The number of hydrogen-bond acceptors (Lipinski definition) is 6. The van der Waals surface area contributed by atoms with E-state index in [1.54, 1.807) is 18.5 Å². The third kappa shape index (κ3) is 5.90. The lowest BCUT2D eigenvalue weighted by Gasteiger charge is -2.09. The highest BCUT2D eigenvalue weighted by molar-refractivity contribution is 5.56. The van der Waals surface area contributed by atoms with Gasteiger partial charge in [-0.05, 0) is 18.6 Å². The summed E-state index contributed by atoms with van der Waals surface area (Å²) < 4.78 is 52.4. The van der Waals surface area contributed by atoms with E-state index in [1.165, 1.54) is 12.3 Å². The fourth-order valence-electron chi connectivity index (χ4n) is 3.30. The summed E-state index contributed by atoms with van der Waals surface area (Å²) in [6.45, 7) is 3.39. The molecule has 0 N–H and O–H groups in total. The van der Waals surface area contributed by atoms with E-state index in [-0.39, 0.29) is 23.2 Å². The molecule has 0 bridgehead atoms. The number of ether oxygens (including phenoxy) is 2. The molecular formula is C25H21F3N4O3. The summed E-state index contributed by atoms with van der Waals surface area (Å²) in [5.41, 5.74) is 1.23. The van der Waals surface area contributed by atoms with Crippen molar-refractivity contribution in [2.45, 2.75) is 13.3 Å². The van der Waals surface area contributed by atoms with Gasteiger partial charge in [-0.2, -0.15) is 5.10 Å². The van der Waals surface area contributed by atoms with Crippen molar-refractivity contribution in [3.05, 3.63) is 100.0 Å². The lowest BCUT2D eigenvalue weighted by Crippen LogP contribution is -2.16. The molecule has 0 unspecified atom stereocenters. The van der Waals surface area contributed by atoms with Gasteiger partial charge in [-0.15, -0.1) is 0 Å². The molecule has 0 saturated heterocycles. The van der Waals surface area contributed by atoms with Gasteiger partial charge in [-0.1, -0.05) is 18.2 Å². The molecule has 0 fully saturated rings. The minimum Gasteiger partial charge on any atom is -0.488 e. The number of hydrogen-bond donors (Lipinski definition) is 0. The van der Waals surface area contributed by atoms with Gasteiger partial charge in [0.25, 0.3) is 0 Å². The van der Waals surface area contributed by atoms with Crippen molar-refractivity contribution in [2.75, 3.05) is 19.8 Å². The molecule has 0 amide bonds. The van der Waals surface area contributed by atoms with Crippen molar-refractivity contribution in [2.24, 2.45) is 0 Å². The van der Waals surface area contributed by atoms with Gasteiger partial charge in [-0.3, -0.25) is 4.79 Å². The Labute approximate surface area is 198 Å². The van der Waals surface area contributed by atoms with Crippen LogP contribution < -0.4 is 10.2 Å². The fraction of sp³-hybridized carbons (Fsp3) is 0.200. The Hall–Kier alpha value is -4.05. The van der Waals surface area contributed by atoms with Gasteiger partial charge in [0, 0.05) is 43.0 Å². The SMILES string of the molecule is CCOCCOc1cnc(-c2cccc(Cc3nn(-c4cc(F)c(F)c(F)c4)ccc3=O)c2)nc1. The Kier molecular flexibility index (Phi) is 7.51. The summed E-state index contributed by atoms with van der Waals surface area (Å²) in [6.07, 6.45) is 4.55. The second-order valence-corrected chi connectivity index (χ2v) is 7.46. The van der Waals surface area contributed by atoms with E-state index < -0.39 is 17.5 Å². The van der Waals surface area contributed by atoms with Gasteiger partial charge in [0.1, 0.15) is 12.3 Å². The Morgan fingerprint density at radius 3 is 2.43 bits per heavy atom. The molecule has 35 heavy (non-hydrogen) atoms. The fourth-order valence-corrected chi connectivity index (χ4v) is 3.30. The van der Waals surface area contributed by atoms with E-state index >= 15 is 0 Å². The minimum atomic E-state index is -1.57. The molecule has 0 saturated carbocycles. The first kappa shape index (κ1) is 24.1. The van der Waals surface area contributed by atoms with Crippen LogP contribution in [-0.4, -0.2) is 39.6 Å². The van der Waals surface area contributed by atoms with Crippen molar-refractivity contribution in [3.63, 3.8) is 0 Å². The summed E-state index contributed by atoms with van der Waals surface area (Å²) in [7, 11) is 0. The molecule has 4 rings (SSSR count). The summed E-state index contributed by atoms with van der Waals surface area (Å²) >= 11 is 0. The van der Waals surface area contributed by atoms with Gasteiger partial charge in [0.15, 0.2) is 29.0 Å². The maximum absolute atomic E-state index is 13.6. The van der Waals surface area contributed by atoms with Crippen molar-refractivity contribution in [1.29, 1.82) is 0 Å². The molecule has 0 spiro atoms. The van der Waals surface area contributed by atoms with E-state index in [4.69, 9.17) is 9.47 Å². The van der Waals surface area contributed by atoms with Crippen LogP contribution in [0, 0.1) is 17.5 Å². The second-order valence-electron chi connectivity index (χ2n) is 7.46. The molecule has 180 valence electrons. The van der Waals surface area contributed by atoms with Gasteiger partial charge in [0.05, 0.1) is 24.7 Å². The first-order chi connectivity index (χ1) is 16.9. The lowest BCUT2D eigenvalue weighted by atomic mass is 10.1. The topological polar surface area (TPSA) is 79.1 Å². The highest BCUT2D eigenvalue weighted by Crippen LogP contribution is 2.20. The third-order valence-electron chi connectivity index (χ3n) is 5.00. The van der Waals surface area contributed by atoms with Crippen LogP contribution >= 0.6 is 0 Å². The molecule has 0 aliphatic heterocycles. The second kappa shape index (κ2) is 10.9. The average molecular weight is 482 g/mol. The van der Waals surface area contributed by atoms with Crippen LogP contribution in [0.3, 0.4) is 0 Å². The number of nitrogens with zero attached hydrogens (tertiary/aromatic N) is 4. The highest BCUT2D eigenvalue weighted by Gasteiger charge is 2.13. The third-order valence-corrected chi connectivity index (χ3v) is 5.00. The van der Waals surface area contributed by atoms with Gasteiger partial charge >= 0.3 is 0 Å². The summed E-state index contributed by atoms with van der Waals surface area (Å²) in [5.74, 6) is -3.27. The van der Waals surface area contributed by atoms with Crippen molar-refractivity contribution in [1.82, 2.24) is 19.7 Å². The van der Waals surface area contributed by atoms with E-state index in [2.05, 4.69) is 15.1 Å². The van der Waals surface area contributed by atoms with Crippen molar-refractivity contribution >= 4 is 0 Å². The molecule has 4 aromatic rings. The number of benzene rings is 2. The maximum atomic E-state index is 13.6. The number of rotatable bonds is 9. The summed E-state index contributed by atoms with van der Waals surface area (Å²) in [6, 6.07) is 10.1. The Morgan fingerprint density at radius 1 is 0.971 bits per heavy atom. The molecule has 2 aromatic heterocycles. The van der Waals surface area contributed by atoms with E-state index in [1.807, 2.05) is 25.1 Å². The van der Waals surface area contributed by atoms with Crippen LogP contribution in [0.25, 0.3) is 17.1 Å². The standard InChI is InChI=1S/C25H21F3N4O3/c1-2-34-8-9-35-19-14-29-25(30-15-19)17-5-3-4-16(10-17)11-22-23(33)6-7-32(31-22)18-12-20(26)24(28)21(27)13-18/h3-7,10,12-15H,2,8-9,11H2,1H3. The maximum Gasteiger partial charge on any atom is 0.203 e. The number of halogens is 3. The predicted molar refractivity (Wildman–Crippen MR) is 122 cm³/mol. The molecule has 0 aliphatic carbocycles. The first-order valence-electron chi connectivity index (χ1n) is 10.8. The van der Waals surface area contributed by atoms with Crippen LogP contribution in [-0.2, 0) is 11.2 Å². The summed E-state index contributed by atoms with van der Waals surface area (Å²) in [5, 5.41) is 4.20. The normalized spacial score (nSPS) is 11.0. The first-order valence-corrected chi connectivity index (χ1v) is 10.8. The monoisotopic (exact) mass is 482 g/mol. The van der Waals surface area contributed by atoms with Crippen LogP contribution in [0.1, 0.15) is 18.2 Å². The van der Waals surface area contributed by atoms with Crippen LogP contribution in [0.5, 0.6) is 5.75 Å². The van der Waals surface area contributed by atoms with E-state index in [0.29, 0.717) is 31.4 Å². The Balaban J connectivity index is 1.53. The van der Waals surface area contributed by atoms with Crippen molar-refractivity contribution < 1.29 is 22.6 Å². The van der Waals surface area contributed by atoms with Crippen LogP contribution in [0.15, 0.2) is 65.8 Å². The predicted octanol–water partition coefficient (Wildman–Crippen LogP) is 4.11. The summed E-state index contributed by atoms with van der Waals surface area (Å²) in [4.78, 5) is 21.0. The van der Waals surface area contributed by atoms with Crippen LogP contribution in [0.2, 0.25) is 0 Å². The molecule has 0 radical (unpaired) electrons. The highest BCUT2D eigenvalue weighted by atomic mass is 19.2. The smallest absolute Gasteiger partial charge is 0.203 e. The lowest BCUT2D eigenvalue weighted by molar-refractivity contribution is 0.110. The van der Waals surface area contributed by atoms with Crippen LogP contribution in [0.4, 0.5) is 13.2 Å². The van der Waals surface area contributed by atoms with E-state index in [9.17, 15) is 18.0 Å². The van der Waals surface area contributed by atoms with E-state index in [0.717, 1.165) is 27.9 Å². The molecule has 2 heterocycles. The Bertz CT molecular complexity index is 1350. The van der Waals surface area contributed by atoms with Gasteiger partial charge < -0.3 is 9.47 Å². The zero-order valence-corrected chi connectivity index (χ0v) is 18.7. The van der Waals surface area contributed by atoms with Gasteiger partial charge in [-0.25, -0.2) is 27.8 Å². The molecule has 10 heteroatoms. The molecule has 0 atom stereocenters. The van der Waals surface area contributed by atoms with Gasteiger partial charge in [0.2, 0.25) is 5.43 Å². The zero-order chi connectivity index (χ0) is 24.8. The molecule has 2 aromatic carbocycles. The molecular weight excluding hydrogens is 461 g/mol. The minimum absolute atomic E-state index is 0.0478. The zero-order valence-electron chi connectivity index (χ0n) is 18.7. The van der Waals surface area contributed by atoms with Crippen molar-refractivity contribution in [3.8, 4) is 22.8 Å². The largest absolute Gasteiger partial charge is 0.488 e. The average Bonchev–Trinajstić information content (AvgIpc) is 2.87.